The molecule has 2 aromatic heterocycles. The number of aromatic nitrogens is 2. The van der Waals surface area contributed by atoms with E-state index in [0.717, 1.165) is 16.7 Å². The molecule has 6 heteroatoms. The van der Waals surface area contributed by atoms with Gasteiger partial charge in [0.05, 0.1) is 7.11 Å². The molecule has 0 saturated heterocycles. The Bertz CT molecular complexity index is 887. The summed E-state index contributed by atoms with van der Waals surface area (Å²) in [5, 5.41) is 3.37. The van der Waals surface area contributed by atoms with E-state index in [4.69, 9.17) is 10.5 Å². The van der Waals surface area contributed by atoms with E-state index in [0.29, 0.717) is 18.7 Å². The quantitative estimate of drug-likeness (QED) is 0.641. The lowest BCUT2D eigenvalue weighted by molar-refractivity contribution is -0.125. The van der Waals surface area contributed by atoms with Gasteiger partial charge in [-0.3, -0.25) is 20.1 Å². The van der Waals surface area contributed by atoms with Gasteiger partial charge in [0.1, 0.15) is 11.3 Å². The molecule has 1 unspecified atom stereocenters. The number of primary amides is 1. The normalized spacial score (nSPS) is 12.9. The van der Waals surface area contributed by atoms with Crippen molar-refractivity contribution in [3.8, 4) is 5.75 Å². The molecule has 1 amide bonds. The van der Waals surface area contributed by atoms with Crippen molar-refractivity contribution in [2.75, 3.05) is 7.11 Å². The van der Waals surface area contributed by atoms with E-state index in [-0.39, 0.29) is 0 Å². The van der Waals surface area contributed by atoms with Crippen LogP contribution in [0.1, 0.15) is 16.7 Å². The number of hydrogen-bond donors (Lipinski definition) is 2. The lowest BCUT2D eigenvalue weighted by Gasteiger charge is -2.33. The predicted molar refractivity (Wildman–Crippen MR) is 103 cm³/mol. The molecule has 3 aromatic rings. The number of ether oxygens (including phenoxy) is 1. The van der Waals surface area contributed by atoms with Gasteiger partial charge >= 0.3 is 0 Å². The number of amides is 1. The second-order valence-corrected chi connectivity index (χ2v) is 6.25. The van der Waals surface area contributed by atoms with E-state index < -0.39 is 11.4 Å². The maximum Gasteiger partial charge on any atom is 0.242 e. The topological polar surface area (TPSA) is 90.1 Å². The number of carbonyl (C=O) groups is 1. The van der Waals surface area contributed by atoms with Crippen molar-refractivity contribution in [1.29, 1.82) is 0 Å². The van der Waals surface area contributed by atoms with Crippen LogP contribution in [0.4, 0.5) is 0 Å². The average Bonchev–Trinajstić information content (AvgIpc) is 2.72. The number of hydrogen-bond acceptors (Lipinski definition) is 5. The van der Waals surface area contributed by atoms with E-state index in [2.05, 4.69) is 15.3 Å². The van der Waals surface area contributed by atoms with E-state index in [1.807, 2.05) is 48.5 Å². The number of nitrogens with two attached hydrogens (primary N) is 1. The summed E-state index contributed by atoms with van der Waals surface area (Å²) >= 11 is 0. The highest BCUT2D eigenvalue weighted by molar-refractivity contribution is 5.86. The van der Waals surface area contributed by atoms with Gasteiger partial charge in [-0.15, -0.1) is 0 Å². The summed E-state index contributed by atoms with van der Waals surface area (Å²) in [5.74, 6) is 0.201. The summed E-state index contributed by atoms with van der Waals surface area (Å²) in [6.07, 6.45) is 7.26. The van der Waals surface area contributed by atoms with Gasteiger partial charge in [-0.1, -0.05) is 18.2 Å². The number of nitrogens with zero attached hydrogens (tertiary/aromatic N) is 2. The van der Waals surface area contributed by atoms with Crippen LogP contribution < -0.4 is 15.8 Å². The van der Waals surface area contributed by atoms with E-state index in [1.165, 1.54) is 0 Å². The SMILES string of the molecule is COc1cccc(C(Cc2ccncc2)(NCc2cccnc2)C(N)=O)c1. The standard InChI is InChI=1S/C21H22N4O2/c1-27-19-6-2-5-18(12-19)21(20(22)26,13-16-7-10-23-11-8-16)25-15-17-4-3-9-24-14-17/h2-12,14,25H,13,15H2,1H3,(H2,22,26). The Hall–Kier alpha value is -3.25. The van der Waals surface area contributed by atoms with Crippen LogP contribution in [-0.4, -0.2) is 23.0 Å². The van der Waals surface area contributed by atoms with Crippen LogP contribution >= 0.6 is 0 Å². The van der Waals surface area contributed by atoms with Crippen LogP contribution in [0.25, 0.3) is 0 Å². The molecule has 6 nitrogen and oxygen atoms in total. The number of rotatable bonds is 8. The first kappa shape index (κ1) is 18.5. The Balaban J connectivity index is 2.02. The van der Waals surface area contributed by atoms with Crippen molar-refractivity contribution in [3.05, 3.63) is 90.0 Å². The third kappa shape index (κ3) is 4.30. The highest BCUT2D eigenvalue weighted by Crippen LogP contribution is 2.29. The summed E-state index contributed by atoms with van der Waals surface area (Å²) < 4.78 is 5.34. The van der Waals surface area contributed by atoms with Gasteiger partial charge in [0.15, 0.2) is 0 Å². The van der Waals surface area contributed by atoms with Gasteiger partial charge in [-0.25, -0.2) is 0 Å². The molecule has 0 radical (unpaired) electrons. The largest absolute Gasteiger partial charge is 0.497 e. The summed E-state index contributed by atoms with van der Waals surface area (Å²) in [5.41, 5.74) is 7.48. The summed E-state index contributed by atoms with van der Waals surface area (Å²) in [6.45, 7) is 0.444. The van der Waals surface area contributed by atoms with Gasteiger partial charge in [0.2, 0.25) is 5.91 Å². The molecule has 3 rings (SSSR count). The summed E-state index contributed by atoms with van der Waals surface area (Å²) in [4.78, 5) is 20.9. The lowest BCUT2D eigenvalue weighted by atomic mass is 9.82. The van der Waals surface area contributed by atoms with Crippen molar-refractivity contribution in [1.82, 2.24) is 15.3 Å². The zero-order chi connectivity index (χ0) is 19.1. The third-order valence-corrected chi connectivity index (χ3v) is 4.52. The van der Waals surface area contributed by atoms with E-state index >= 15 is 0 Å². The second kappa shape index (κ2) is 8.42. The monoisotopic (exact) mass is 362 g/mol. The fourth-order valence-electron chi connectivity index (χ4n) is 3.03. The first-order valence-corrected chi connectivity index (χ1v) is 8.61. The van der Waals surface area contributed by atoms with Gasteiger partial charge in [-0.2, -0.15) is 0 Å². The van der Waals surface area contributed by atoms with Crippen LogP contribution in [0.5, 0.6) is 5.75 Å². The van der Waals surface area contributed by atoms with Gasteiger partial charge in [0, 0.05) is 37.8 Å². The van der Waals surface area contributed by atoms with Crippen LogP contribution in [0.2, 0.25) is 0 Å². The number of nitrogens with one attached hydrogen (secondary N) is 1. The van der Waals surface area contributed by atoms with Crippen molar-refractivity contribution >= 4 is 5.91 Å². The van der Waals surface area contributed by atoms with E-state index in [9.17, 15) is 4.79 Å². The molecule has 138 valence electrons. The zero-order valence-electron chi connectivity index (χ0n) is 15.1. The fraction of sp³-hybridized carbons (Fsp3) is 0.190. The molecule has 0 spiro atoms. The fourth-order valence-corrected chi connectivity index (χ4v) is 3.03. The Kier molecular flexibility index (Phi) is 5.78. The Labute approximate surface area is 158 Å². The van der Waals surface area contributed by atoms with Crippen molar-refractivity contribution in [2.24, 2.45) is 5.73 Å². The molecule has 0 bridgehead atoms. The molecule has 27 heavy (non-hydrogen) atoms. The van der Waals surface area contributed by atoms with Gasteiger partial charge in [0.25, 0.3) is 0 Å². The maximum absolute atomic E-state index is 12.7. The smallest absolute Gasteiger partial charge is 0.242 e. The molecule has 2 heterocycles. The first-order chi connectivity index (χ1) is 13.1. The highest BCUT2D eigenvalue weighted by Gasteiger charge is 2.38. The Morgan fingerprint density at radius 2 is 1.89 bits per heavy atom. The molecule has 0 aliphatic heterocycles. The van der Waals surface area contributed by atoms with Crippen LogP contribution in [0.3, 0.4) is 0 Å². The molecule has 0 saturated carbocycles. The van der Waals surface area contributed by atoms with Crippen LogP contribution in [0.15, 0.2) is 73.3 Å². The van der Waals surface area contributed by atoms with E-state index in [1.54, 1.807) is 31.9 Å². The highest BCUT2D eigenvalue weighted by atomic mass is 16.5. The number of pyridine rings is 2. The van der Waals surface area contributed by atoms with Gasteiger partial charge in [-0.05, 0) is 47.0 Å². The Morgan fingerprint density at radius 1 is 1.07 bits per heavy atom. The second-order valence-electron chi connectivity index (χ2n) is 6.25. The lowest BCUT2D eigenvalue weighted by Crippen LogP contribution is -2.54. The molecular weight excluding hydrogens is 340 g/mol. The minimum Gasteiger partial charge on any atom is -0.497 e. The molecule has 0 aliphatic rings. The third-order valence-electron chi connectivity index (χ3n) is 4.52. The zero-order valence-corrected chi connectivity index (χ0v) is 15.1. The van der Waals surface area contributed by atoms with Crippen molar-refractivity contribution in [3.63, 3.8) is 0 Å². The van der Waals surface area contributed by atoms with Crippen molar-refractivity contribution < 1.29 is 9.53 Å². The molecule has 1 atom stereocenters. The predicted octanol–water partition coefficient (Wildman–Crippen LogP) is 2.20. The minimum absolute atomic E-state index is 0.387. The molecule has 3 N–H and O–H groups in total. The Morgan fingerprint density at radius 3 is 2.56 bits per heavy atom. The van der Waals surface area contributed by atoms with Crippen molar-refractivity contribution in [2.45, 2.75) is 18.5 Å². The van der Waals surface area contributed by atoms with Crippen LogP contribution in [0, 0.1) is 0 Å². The molecular formula is C21H22N4O2. The maximum atomic E-state index is 12.7. The molecule has 0 aliphatic carbocycles. The molecule has 0 fully saturated rings. The minimum atomic E-state index is -1.11. The summed E-state index contributed by atoms with van der Waals surface area (Å²) in [6, 6.07) is 15.0. The first-order valence-electron chi connectivity index (χ1n) is 8.61. The number of benzene rings is 1. The summed E-state index contributed by atoms with van der Waals surface area (Å²) in [7, 11) is 1.59. The number of carbonyl (C=O) groups excluding carboxylic acids is 1. The number of methoxy groups -OCH3 is 1. The van der Waals surface area contributed by atoms with Crippen LogP contribution in [-0.2, 0) is 23.3 Å². The van der Waals surface area contributed by atoms with Gasteiger partial charge < -0.3 is 10.5 Å². The molecule has 1 aromatic carbocycles. The average molecular weight is 362 g/mol.